The topological polar surface area (TPSA) is 78.7 Å². The Kier molecular flexibility index (Phi) is 6.07. The number of amides is 1. The van der Waals surface area contributed by atoms with E-state index in [1.807, 2.05) is 0 Å². The first-order valence-electron chi connectivity index (χ1n) is 11.5. The number of fused-ring (bicyclic) bond motifs is 3. The molecule has 1 fully saturated rings. The maximum atomic E-state index is 14.1. The van der Waals surface area contributed by atoms with Gasteiger partial charge in [0.25, 0.3) is 5.69 Å². The molecule has 1 amide bonds. The summed E-state index contributed by atoms with van der Waals surface area (Å²) in [5.74, 6) is -1.44. The van der Waals surface area contributed by atoms with Crippen LogP contribution in [0.15, 0.2) is 66.7 Å². The molecule has 1 saturated heterocycles. The maximum absolute atomic E-state index is 14.1. The predicted octanol–water partition coefficient (Wildman–Crippen LogP) is 4.06. The number of piperazine rings is 1. The van der Waals surface area contributed by atoms with Gasteiger partial charge in [-0.1, -0.05) is 18.2 Å². The van der Waals surface area contributed by atoms with E-state index in [0.29, 0.717) is 31.6 Å². The minimum Gasteiger partial charge on any atom is -0.368 e. The fraction of sp³-hybridized carbons (Fsp3) is 0.269. The summed E-state index contributed by atoms with van der Waals surface area (Å²) >= 11 is 0. The van der Waals surface area contributed by atoms with Crippen molar-refractivity contribution in [3.8, 4) is 0 Å². The molecule has 35 heavy (non-hydrogen) atoms. The lowest BCUT2D eigenvalue weighted by atomic mass is 9.83. The van der Waals surface area contributed by atoms with Gasteiger partial charge in [-0.05, 0) is 48.4 Å². The Labute approximate surface area is 201 Å². The third kappa shape index (κ3) is 4.53. The van der Waals surface area contributed by atoms with Gasteiger partial charge in [-0.2, -0.15) is 0 Å². The van der Waals surface area contributed by atoms with Crippen molar-refractivity contribution in [2.45, 2.75) is 19.0 Å². The molecule has 0 bridgehead atoms. The lowest BCUT2D eigenvalue weighted by molar-refractivity contribution is -0.384. The van der Waals surface area contributed by atoms with Crippen LogP contribution in [0.4, 0.5) is 25.8 Å². The highest BCUT2D eigenvalue weighted by Gasteiger charge is 2.42. The van der Waals surface area contributed by atoms with Crippen molar-refractivity contribution in [2.75, 3.05) is 29.4 Å². The smallest absolute Gasteiger partial charge is 0.269 e. The van der Waals surface area contributed by atoms with E-state index in [1.54, 1.807) is 36.4 Å². The lowest BCUT2D eigenvalue weighted by Gasteiger charge is -2.49. The van der Waals surface area contributed by atoms with Gasteiger partial charge in [0.15, 0.2) is 0 Å². The first-order valence-corrected chi connectivity index (χ1v) is 11.5. The first kappa shape index (κ1) is 22.8. The molecule has 7 nitrogen and oxygen atoms in total. The molecule has 0 spiro atoms. The summed E-state index contributed by atoms with van der Waals surface area (Å²) in [6, 6.07) is 17.1. The molecule has 0 aromatic heterocycles. The molecule has 2 atom stereocenters. The van der Waals surface area contributed by atoms with Gasteiger partial charge in [0.05, 0.1) is 16.9 Å². The number of hydrogen-bond donors (Lipinski definition) is 1. The van der Waals surface area contributed by atoms with Crippen molar-refractivity contribution in [3.05, 3.63) is 99.6 Å². The van der Waals surface area contributed by atoms with E-state index in [1.165, 1.54) is 30.3 Å². The van der Waals surface area contributed by atoms with Crippen molar-refractivity contribution < 1.29 is 18.5 Å². The molecule has 3 aromatic rings. The molecular weight excluding hydrogens is 454 g/mol. The highest BCUT2D eigenvalue weighted by Crippen LogP contribution is 2.38. The molecule has 180 valence electrons. The van der Waals surface area contributed by atoms with E-state index in [9.17, 15) is 23.7 Å². The van der Waals surface area contributed by atoms with Crippen LogP contribution in [0.2, 0.25) is 0 Å². The summed E-state index contributed by atoms with van der Waals surface area (Å²) < 4.78 is 27.5. The van der Waals surface area contributed by atoms with Crippen LogP contribution in [0.3, 0.4) is 0 Å². The highest BCUT2D eigenvalue weighted by molar-refractivity contribution is 5.82. The van der Waals surface area contributed by atoms with E-state index in [4.69, 9.17) is 0 Å². The second-order valence-electron chi connectivity index (χ2n) is 8.87. The molecule has 2 aliphatic rings. The fourth-order valence-corrected chi connectivity index (χ4v) is 5.06. The number of anilines is 2. The molecule has 5 rings (SSSR count). The second-order valence-corrected chi connectivity index (χ2v) is 8.87. The summed E-state index contributed by atoms with van der Waals surface area (Å²) in [5.41, 5.74) is 2.87. The summed E-state index contributed by atoms with van der Waals surface area (Å²) in [6.07, 6.45) is 0.332. The number of nitro groups is 1. The van der Waals surface area contributed by atoms with Crippen LogP contribution in [0.1, 0.15) is 11.1 Å². The molecule has 0 unspecified atom stereocenters. The van der Waals surface area contributed by atoms with Gasteiger partial charge in [0.2, 0.25) is 5.91 Å². The number of non-ortho nitro benzene ring substituents is 1. The van der Waals surface area contributed by atoms with Crippen LogP contribution in [-0.4, -0.2) is 36.5 Å². The summed E-state index contributed by atoms with van der Waals surface area (Å²) in [7, 11) is 0. The summed E-state index contributed by atoms with van der Waals surface area (Å²) in [6.45, 7) is 1.84. The molecule has 1 N–H and O–H groups in total. The zero-order valence-corrected chi connectivity index (χ0v) is 18.9. The van der Waals surface area contributed by atoms with Crippen molar-refractivity contribution in [2.24, 2.45) is 5.92 Å². The van der Waals surface area contributed by atoms with Gasteiger partial charge < -0.3 is 15.1 Å². The van der Waals surface area contributed by atoms with Crippen molar-refractivity contribution in [3.63, 3.8) is 0 Å². The number of nitrogens with one attached hydrogen (secondary N) is 1. The van der Waals surface area contributed by atoms with Crippen LogP contribution in [0, 0.1) is 27.7 Å². The first-order chi connectivity index (χ1) is 16.9. The van der Waals surface area contributed by atoms with Crippen molar-refractivity contribution >= 4 is 23.0 Å². The average molecular weight is 478 g/mol. The van der Waals surface area contributed by atoms with E-state index in [0.717, 1.165) is 16.9 Å². The van der Waals surface area contributed by atoms with E-state index < -0.39 is 10.8 Å². The Morgan fingerprint density at radius 1 is 1.06 bits per heavy atom. The minimum absolute atomic E-state index is 0.0161. The van der Waals surface area contributed by atoms with Gasteiger partial charge in [-0.3, -0.25) is 14.9 Å². The van der Waals surface area contributed by atoms with Gasteiger partial charge in [-0.15, -0.1) is 0 Å². The molecule has 0 radical (unpaired) electrons. The maximum Gasteiger partial charge on any atom is 0.269 e. The van der Waals surface area contributed by atoms with Crippen LogP contribution in [0.5, 0.6) is 0 Å². The predicted molar refractivity (Wildman–Crippen MR) is 128 cm³/mol. The van der Waals surface area contributed by atoms with Crippen LogP contribution in [-0.2, 0) is 17.8 Å². The third-order valence-corrected chi connectivity index (χ3v) is 6.85. The summed E-state index contributed by atoms with van der Waals surface area (Å²) in [5, 5.41) is 14.2. The summed E-state index contributed by atoms with van der Waals surface area (Å²) in [4.78, 5) is 28.6. The molecule has 9 heteroatoms. The Balaban J connectivity index is 1.43. The van der Waals surface area contributed by atoms with Crippen LogP contribution < -0.4 is 15.1 Å². The van der Waals surface area contributed by atoms with Crippen LogP contribution in [0.25, 0.3) is 0 Å². The fourth-order valence-electron chi connectivity index (χ4n) is 5.06. The zero-order valence-electron chi connectivity index (χ0n) is 18.9. The quantitative estimate of drug-likeness (QED) is 0.442. The van der Waals surface area contributed by atoms with Gasteiger partial charge in [0.1, 0.15) is 11.6 Å². The Bertz CT molecular complexity index is 1270. The van der Waals surface area contributed by atoms with E-state index >= 15 is 0 Å². The Hall–Kier alpha value is -4.01. The number of carbonyl (C=O) groups excluding carboxylic acids is 1. The molecule has 2 heterocycles. The van der Waals surface area contributed by atoms with Gasteiger partial charge in [0, 0.05) is 55.2 Å². The third-order valence-electron chi connectivity index (χ3n) is 6.85. The molecule has 0 aliphatic carbocycles. The monoisotopic (exact) mass is 478 g/mol. The number of carbonyl (C=O) groups is 1. The van der Waals surface area contributed by atoms with E-state index in [-0.39, 0.29) is 35.8 Å². The minimum atomic E-state index is -0.500. The zero-order chi connectivity index (χ0) is 24.5. The van der Waals surface area contributed by atoms with Crippen molar-refractivity contribution in [1.82, 2.24) is 5.32 Å². The second kappa shape index (κ2) is 9.32. The average Bonchev–Trinajstić information content (AvgIpc) is 2.87. The number of nitrogens with zero attached hydrogens (tertiary/aromatic N) is 3. The van der Waals surface area contributed by atoms with Crippen molar-refractivity contribution in [1.29, 1.82) is 0 Å². The number of hydrogen-bond acceptors (Lipinski definition) is 5. The Morgan fingerprint density at radius 2 is 1.83 bits per heavy atom. The number of nitro benzene ring substituents is 1. The molecular formula is C26H24F2N4O3. The van der Waals surface area contributed by atoms with Gasteiger partial charge >= 0.3 is 0 Å². The number of halogens is 2. The molecule has 2 aliphatic heterocycles. The normalized spacial score (nSPS) is 19.0. The van der Waals surface area contributed by atoms with Crippen LogP contribution >= 0.6 is 0 Å². The lowest BCUT2D eigenvalue weighted by Crippen LogP contribution is -2.61. The number of rotatable bonds is 5. The van der Waals surface area contributed by atoms with Gasteiger partial charge in [-0.25, -0.2) is 8.78 Å². The van der Waals surface area contributed by atoms with E-state index in [2.05, 4.69) is 15.1 Å². The molecule has 3 aromatic carbocycles. The standard InChI is InChI=1S/C26H24F2N4O3/c27-19-5-7-20(8-6-19)30-11-12-31-24-10-9-21(32(34)35)13-18(24)14-22(25(31)16-30)26(33)29-15-17-3-1-2-4-23(17)28/h1-10,13,22,25H,11-12,14-16H2,(H,29,33)/t22-,25-/m0/s1. The molecule has 0 saturated carbocycles. The number of benzene rings is 3. The largest absolute Gasteiger partial charge is 0.368 e. The highest BCUT2D eigenvalue weighted by atomic mass is 19.1. The SMILES string of the molecule is O=C(NCc1ccccc1F)[C@H]1Cc2cc([N+](=O)[O-])ccc2N2CCN(c3ccc(F)cc3)C[C@@H]12. The Morgan fingerprint density at radius 3 is 2.57 bits per heavy atom.